The van der Waals surface area contributed by atoms with Gasteiger partial charge in [-0.2, -0.15) is 0 Å². The third-order valence-corrected chi connectivity index (χ3v) is 7.54. The van der Waals surface area contributed by atoms with E-state index in [1.54, 1.807) is 0 Å². The van der Waals surface area contributed by atoms with Gasteiger partial charge >= 0.3 is 0 Å². The zero-order valence-corrected chi connectivity index (χ0v) is 10.7. The Labute approximate surface area is 99.0 Å². The number of rotatable bonds is 3. The van der Waals surface area contributed by atoms with E-state index in [9.17, 15) is 0 Å². The minimum absolute atomic E-state index is 1.00. The summed E-state index contributed by atoms with van der Waals surface area (Å²) < 4.78 is 0. The summed E-state index contributed by atoms with van der Waals surface area (Å²) in [6, 6.07) is 22.6. The van der Waals surface area contributed by atoms with Crippen molar-refractivity contribution in [1.29, 1.82) is 0 Å². The van der Waals surface area contributed by atoms with Crippen LogP contribution in [0.1, 0.15) is 0 Å². The SMILES string of the molecule is [CH2]C[Si](C)(c1ccccc1)c1ccccc1. The van der Waals surface area contributed by atoms with E-state index >= 15 is 0 Å². The lowest BCUT2D eigenvalue weighted by Crippen LogP contribution is -2.54. The molecule has 2 aromatic carbocycles. The molecule has 0 saturated heterocycles. The van der Waals surface area contributed by atoms with E-state index in [0.717, 1.165) is 6.04 Å². The molecule has 0 amide bonds. The lowest BCUT2D eigenvalue weighted by molar-refractivity contribution is 1.56. The number of benzene rings is 2. The molecule has 0 bridgehead atoms. The summed E-state index contributed by atoms with van der Waals surface area (Å²) in [5, 5.41) is 2.94. The van der Waals surface area contributed by atoms with E-state index in [1.165, 1.54) is 10.4 Å². The standard InChI is InChI=1S/C15H17Si/c1-3-16(2,14-10-6-4-7-11-14)15-12-8-5-9-13-15/h4-13H,1,3H2,2H3. The maximum atomic E-state index is 4.17. The molecule has 0 fully saturated rings. The van der Waals surface area contributed by atoms with Crippen LogP contribution in [0.5, 0.6) is 0 Å². The van der Waals surface area contributed by atoms with Crippen LogP contribution in [0.3, 0.4) is 0 Å². The molecule has 0 aliphatic heterocycles. The van der Waals surface area contributed by atoms with E-state index in [2.05, 4.69) is 74.1 Å². The summed E-state index contributed by atoms with van der Waals surface area (Å²) in [4.78, 5) is 0. The Morgan fingerprint density at radius 2 is 1.19 bits per heavy atom. The molecule has 2 aromatic rings. The third kappa shape index (κ3) is 1.96. The van der Waals surface area contributed by atoms with E-state index < -0.39 is 8.07 Å². The van der Waals surface area contributed by atoms with Crippen LogP contribution in [0.2, 0.25) is 12.6 Å². The van der Waals surface area contributed by atoms with Crippen molar-refractivity contribution < 1.29 is 0 Å². The second kappa shape index (κ2) is 4.66. The summed E-state index contributed by atoms with van der Waals surface area (Å²) in [7, 11) is -1.59. The van der Waals surface area contributed by atoms with Gasteiger partial charge < -0.3 is 0 Å². The summed E-state index contributed by atoms with van der Waals surface area (Å²) >= 11 is 0. The van der Waals surface area contributed by atoms with Crippen LogP contribution in [-0.2, 0) is 0 Å². The largest absolute Gasteiger partial charge is 0.115 e. The highest BCUT2D eigenvalue weighted by Gasteiger charge is 2.28. The topological polar surface area (TPSA) is 0 Å². The molecule has 0 aliphatic rings. The third-order valence-electron chi connectivity index (χ3n) is 3.32. The van der Waals surface area contributed by atoms with Crippen LogP contribution in [0.4, 0.5) is 0 Å². The molecule has 0 unspecified atom stereocenters. The van der Waals surface area contributed by atoms with Gasteiger partial charge in [0.25, 0.3) is 0 Å². The number of hydrogen-bond acceptors (Lipinski definition) is 0. The molecule has 0 N–H and O–H groups in total. The molecule has 16 heavy (non-hydrogen) atoms. The van der Waals surface area contributed by atoms with Gasteiger partial charge in [0.15, 0.2) is 0 Å². The highest BCUT2D eigenvalue weighted by molar-refractivity contribution is 7.01. The first kappa shape index (κ1) is 11.2. The van der Waals surface area contributed by atoms with Crippen molar-refractivity contribution in [2.75, 3.05) is 0 Å². The molecule has 0 heterocycles. The minimum Gasteiger partial charge on any atom is -0.0626 e. The second-order valence-corrected chi connectivity index (χ2v) is 8.63. The monoisotopic (exact) mass is 225 g/mol. The van der Waals surface area contributed by atoms with Crippen molar-refractivity contribution in [3.8, 4) is 0 Å². The van der Waals surface area contributed by atoms with Crippen LogP contribution >= 0.6 is 0 Å². The van der Waals surface area contributed by atoms with Gasteiger partial charge in [-0.25, -0.2) is 0 Å². The molecule has 0 atom stereocenters. The maximum Gasteiger partial charge on any atom is 0.115 e. The Bertz CT molecular complexity index is 394. The predicted molar refractivity (Wildman–Crippen MR) is 73.9 cm³/mol. The molecule has 0 aromatic heterocycles. The zero-order valence-electron chi connectivity index (χ0n) is 9.69. The number of hydrogen-bond donors (Lipinski definition) is 0. The van der Waals surface area contributed by atoms with Crippen LogP contribution in [0, 0.1) is 6.92 Å². The molecule has 1 heteroatoms. The van der Waals surface area contributed by atoms with E-state index in [-0.39, 0.29) is 0 Å². The first-order valence-corrected chi connectivity index (χ1v) is 8.38. The predicted octanol–water partition coefficient (Wildman–Crippen LogP) is 2.71. The summed E-state index contributed by atoms with van der Waals surface area (Å²) in [6.07, 6.45) is 0. The van der Waals surface area contributed by atoms with E-state index in [4.69, 9.17) is 0 Å². The van der Waals surface area contributed by atoms with Crippen LogP contribution in [0.25, 0.3) is 0 Å². The first-order chi connectivity index (χ1) is 7.77. The summed E-state index contributed by atoms with van der Waals surface area (Å²) in [5.74, 6) is 0. The lowest BCUT2D eigenvalue weighted by atomic mass is 10.4. The van der Waals surface area contributed by atoms with Crippen molar-refractivity contribution >= 4 is 18.4 Å². The Kier molecular flexibility index (Phi) is 3.25. The maximum absolute atomic E-state index is 4.17. The summed E-state index contributed by atoms with van der Waals surface area (Å²) in [6.45, 7) is 6.57. The van der Waals surface area contributed by atoms with Crippen molar-refractivity contribution in [1.82, 2.24) is 0 Å². The lowest BCUT2D eigenvalue weighted by Gasteiger charge is -2.27. The van der Waals surface area contributed by atoms with Gasteiger partial charge in [-0.15, -0.1) is 0 Å². The molecule has 2 rings (SSSR count). The fourth-order valence-corrected chi connectivity index (χ4v) is 4.83. The molecular formula is C15H17Si. The molecule has 0 aliphatic carbocycles. The van der Waals surface area contributed by atoms with Crippen molar-refractivity contribution in [2.24, 2.45) is 0 Å². The van der Waals surface area contributed by atoms with E-state index in [1.807, 2.05) is 0 Å². The normalized spacial score (nSPS) is 11.4. The zero-order chi connectivity index (χ0) is 11.4. The molecule has 0 saturated carbocycles. The Morgan fingerprint density at radius 1 is 0.812 bits per heavy atom. The highest BCUT2D eigenvalue weighted by atomic mass is 28.3. The Hall–Kier alpha value is -1.34. The molecule has 1 radical (unpaired) electrons. The fraction of sp³-hybridized carbons (Fsp3) is 0.133. The van der Waals surface area contributed by atoms with Gasteiger partial charge in [0.2, 0.25) is 0 Å². The molecular weight excluding hydrogens is 208 g/mol. The first-order valence-electron chi connectivity index (χ1n) is 5.67. The molecule has 81 valence electrons. The van der Waals surface area contributed by atoms with Gasteiger partial charge in [0, 0.05) is 0 Å². The van der Waals surface area contributed by atoms with Crippen molar-refractivity contribution in [3.63, 3.8) is 0 Å². The fourth-order valence-electron chi connectivity index (χ4n) is 2.07. The smallest absolute Gasteiger partial charge is 0.0626 e. The van der Waals surface area contributed by atoms with Crippen molar-refractivity contribution in [2.45, 2.75) is 12.6 Å². The average molecular weight is 225 g/mol. The summed E-state index contributed by atoms with van der Waals surface area (Å²) in [5.41, 5.74) is 0. The van der Waals surface area contributed by atoms with Crippen molar-refractivity contribution in [3.05, 3.63) is 67.6 Å². The Morgan fingerprint density at radius 3 is 1.50 bits per heavy atom. The van der Waals surface area contributed by atoms with Gasteiger partial charge in [-0.1, -0.05) is 84.5 Å². The highest BCUT2D eigenvalue weighted by Crippen LogP contribution is 2.09. The molecule has 0 spiro atoms. The van der Waals surface area contributed by atoms with Crippen LogP contribution < -0.4 is 10.4 Å². The minimum atomic E-state index is -1.59. The average Bonchev–Trinajstić information content (AvgIpc) is 2.40. The van der Waals surface area contributed by atoms with Gasteiger partial charge in [-0.3, -0.25) is 0 Å². The second-order valence-electron chi connectivity index (χ2n) is 4.31. The van der Waals surface area contributed by atoms with Crippen LogP contribution in [-0.4, -0.2) is 8.07 Å². The Balaban J connectivity index is 2.49. The van der Waals surface area contributed by atoms with Crippen LogP contribution in [0.15, 0.2) is 60.7 Å². The van der Waals surface area contributed by atoms with E-state index in [0.29, 0.717) is 0 Å². The molecule has 0 nitrogen and oxygen atoms in total. The van der Waals surface area contributed by atoms with Gasteiger partial charge in [0.1, 0.15) is 8.07 Å². The van der Waals surface area contributed by atoms with Gasteiger partial charge in [0.05, 0.1) is 0 Å². The van der Waals surface area contributed by atoms with Gasteiger partial charge in [-0.05, 0) is 6.04 Å². The quantitative estimate of drug-likeness (QED) is 0.705.